The number of halogens is 1. The SMILES string of the molecule is CCOc1cc(/C=N/NC(=O)c2cccc(OC)c2)cc(Br)c1OCc1cccc2ccccc12. The summed E-state index contributed by atoms with van der Waals surface area (Å²) in [5, 5.41) is 6.41. The molecule has 4 aromatic carbocycles. The highest BCUT2D eigenvalue weighted by atomic mass is 79.9. The third kappa shape index (κ3) is 6.00. The third-order valence-corrected chi connectivity index (χ3v) is 5.88. The molecule has 0 unspecified atom stereocenters. The zero-order chi connectivity index (χ0) is 24.6. The van der Waals surface area contributed by atoms with E-state index in [1.165, 1.54) is 5.39 Å². The van der Waals surface area contributed by atoms with Crippen molar-refractivity contribution in [1.82, 2.24) is 5.43 Å². The van der Waals surface area contributed by atoms with Crippen LogP contribution in [-0.2, 0) is 6.61 Å². The molecule has 4 aromatic rings. The van der Waals surface area contributed by atoms with E-state index in [-0.39, 0.29) is 5.91 Å². The van der Waals surface area contributed by atoms with Crippen molar-refractivity contribution in [1.29, 1.82) is 0 Å². The predicted molar refractivity (Wildman–Crippen MR) is 142 cm³/mol. The van der Waals surface area contributed by atoms with Crippen molar-refractivity contribution >= 4 is 38.8 Å². The Bertz CT molecular complexity index is 1370. The van der Waals surface area contributed by atoms with Gasteiger partial charge < -0.3 is 14.2 Å². The van der Waals surface area contributed by atoms with Gasteiger partial charge in [-0.15, -0.1) is 0 Å². The summed E-state index contributed by atoms with van der Waals surface area (Å²) in [7, 11) is 1.55. The van der Waals surface area contributed by atoms with Gasteiger partial charge in [-0.2, -0.15) is 5.10 Å². The third-order valence-electron chi connectivity index (χ3n) is 5.30. The van der Waals surface area contributed by atoms with Crippen LogP contribution in [-0.4, -0.2) is 25.8 Å². The summed E-state index contributed by atoms with van der Waals surface area (Å²) < 4.78 is 17.9. The molecule has 1 amide bonds. The number of benzene rings is 4. The van der Waals surface area contributed by atoms with E-state index >= 15 is 0 Å². The van der Waals surface area contributed by atoms with Crippen molar-refractivity contribution in [2.45, 2.75) is 13.5 Å². The Morgan fingerprint density at radius 1 is 1.00 bits per heavy atom. The minimum atomic E-state index is -0.334. The molecule has 0 saturated heterocycles. The van der Waals surface area contributed by atoms with Crippen molar-refractivity contribution in [3.63, 3.8) is 0 Å². The number of hydrogen-bond donors (Lipinski definition) is 1. The summed E-state index contributed by atoms with van der Waals surface area (Å²) >= 11 is 3.60. The number of ether oxygens (including phenoxy) is 3. The zero-order valence-electron chi connectivity index (χ0n) is 19.5. The maximum absolute atomic E-state index is 12.4. The van der Waals surface area contributed by atoms with Crippen molar-refractivity contribution in [2.75, 3.05) is 13.7 Å². The van der Waals surface area contributed by atoms with Gasteiger partial charge in [0, 0.05) is 5.56 Å². The maximum atomic E-state index is 12.4. The summed E-state index contributed by atoms with van der Waals surface area (Å²) in [6.45, 7) is 2.78. The smallest absolute Gasteiger partial charge is 0.271 e. The van der Waals surface area contributed by atoms with Gasteiger partial charge in [-0.25, -0.2) is 5.43 Å². The molecule has 35 heavy (non-hydrogen) atoms. The number of nitrogens with zero attached hydrogens (tertiary/aromatic N) is 1. The first-order valence-corrected chi connectivity index (χ1v) is 11.9. The minimum Gasteiger partial charge on any atom is -0.497 e. The highest BCUT2D eigenvalue weighted by Gasteiger charge is 2.13. The monoisotopic (exact) mass is 532 g/mol. The van der Waals surface area contributed by atoms with E-state index in [0.29, 0.717) is 36.0 Å². The molecular weight excluding hydrogens is 508 g/mol. The lowest BCUT2D eigenvalue weighted by atomic mass is 10.1. The average molecular weight is 533 g/mol. The molecule has 0 aliphatic heterocycles. The van der Waals surface area contributed by atoms with Crippen LogP contribution >= 0.6 is 15.9 Å². The normalized spacial score (nSPS) is 10.9. The van der Waals surface area contributed by atoms with Crippen molar-refractivity contribution in [2.24, 2.45) is 5.10 Å². The molecule has 7 heteroatoms. The van der Waals surface area contributed by atoms with Gasteiger partial charge in [-0.05, 0) is 75.1 Å². The Morgan fingerprint density at radius 2 is 1.80 bits per heavy atom. The summed E-state index contributed by atoms with van der Waals surface area (Å²) in [5.41, 5.74) is 4.82. The molecule has 0 spiro atoms. The van der Waals surface area contributed by atoms with Crippen LogP contribution in [0.25, 0.3) is 10.8 Å². The van der Waals surface area contributed by atoms with Gasteiger partial charge in [0.15, 0.2) is 11.5 Å². The first kappa shape index (κ1) is 24.3. The van der Waals surface area contributed by atoms with E-state index in [1.54, 1.807) is 37.6 Å². The molecule has 0 aromatic heterocycles. The molecule has 0 atom stereocenters. The van der Waals surface area contributed by atoms with Crippen LogP contribution in [0.5, 0.6) is 17.2 Å². The summed E-state index contributed by atoms with van der Waals surface area (Å²) in [4.78, 5) is 12.4. The first-order chi connectivity index (χ1) is 17.1. The molecule has 4 rings (SSSR count). The molecule has 0 saturated carbocycles. The minimum absolute atomic E-state index is 0.334. The molecule has 0 radical (unpaired) electrons. The second-order valence-corrected chi connectivity index (χ2v) is 8.48. The lowest BCUT2D eigenvalue weighted by molar-refractivity contribution is 0.0955. The van der Waals surface area contributed by atoms with Gasteiger partial charge in [-0.1, -0.05) is 48.5 Å². The van der Waals surface area contributed by atoms with Crippen molar-refractivity contribution < 1.29 is 19.0 Å². The fourth-order valence-electron chi connectivity index (χ4n) is 3.63. The number of hydrazone groups is 1. The van der Waals surface area contributed by atoms with Crippen molar-refractivity contribution in [3.8, 4) is 17.2 Å². The Kier molecular flexibility index (Phi) is 8.00. The second kappa shape index (κ2) is 11.5. The number of methoxy groups -OCH3 is 1. The molecular formula is C28H25BrN2O4. The largest absolute Gasteiger partial charge is 0.497 e. The molecule has 0 bridgehead atoms. The Morgan fingerprint density at radius 3 is 2.63 bits per heavy atom. The molecule has 0 aliphatic rings. The van der Waals surface area contributed by atoms with E-state index in [9.17, 15) is 4.79 Å². The maximum Gasteiger partial charge on any atom is 0.271 e. The van der Waals surface area contributed by atoms with E-state index < -0.39 is 0 Å². The number of carbonyl (C=O) groups is 1. The number of fused-ring (bicyclic) bond motifs is 1. The first-order valence-electron chi connectivity index (χ1n) is 11.1. The lowest BCUT2D eigenvalue weighted by Gasteiger charge is -2.15. The fourth-order valence-corrected chi connectivity index (χ4v) is 4.20. The Balaban J connectivity index is 1.50. The zero-order valence-corrected chi connectivity index (χ0v) is 21.0. The molecule has 1 N–H and O–H groups in total. The predicted octanol–water partition coefficient (Wildman–Crippen LogP) is 6.35. The number of nitrogens with one attached hydrogen (secondary N) is 1. The van der Waals surface area contributed by atoms with Gasteiger partial charge in [0.05, 0.1) is 24.4 Å². The average Bonchev–Trinajstić information content (AvgIpc) is 2.88. The summed E-state index contributed by atoms with van der Waals surface area (Å²) in [6, 6.07) is 24.9. The lowest BCUT2D eigenvalue weighted by Crippen LogP contribution is -2.17. The molecule has 0 heterocycles. The van der Waals surface area contributed by atoms with Crippen LogP contribution in [0.3, 0.4) is 0 Å². The number of hydrogen-bond acceptors (Lipinski definition) is 5. The van der Waals surface area contributed by atoms with Gasteiger partial charge in [-0.3, -0.25) is 4.79 Å². The van der Waals surface area contributed by atoms with Gasteiger partial charge >= 0.3 is 0 Å². The van der Waals surface area contributed by atoms with E-state index in [4.69, 9.17) is 14.2 Å². The number of rotatable bonds is 9. The van der Waals surface area contributed by atoms with Crippen LogP contribution in [0.4, 0.5) is 0 Å². The van der Waals surface area contributed by atoms with Crippen molar-refractivity contribution in [3.05, 3.63) is 100 Å². The molecule has 178 valence electrons. The van der Waals surface area contributed by atoms with Crippen LogP contribution in [0.2, 0.25) is 0 Å². The Hall–Kier alpha value is -3.84. The van der Waals surface area contributed by atoms with Crippen LogP contribution in [0.15, 0.2) is 88.4 Å². The van der Waals surface area contributed by atoms with Gasteiger partial charge in [0.1, 0.15) is 12.4 Å². The number of carbonyl (C=O) groups excluding carboxylic acids is 1. The Labute approximate surface area is 212 Å². The standard InChI is InChI=1S/C28H25BrN2O4/c1-3-34-26-15-19(17-30-31-28(32)21-10-7-12-23(16-21)33-2)14-25(29)27(26)35-18-22-11-6-9-20-8-4-5-13-24(20)22/h4-17H,3,18H2,1-2H3,(H,31,32)/b30-17+. The highest BCUT2D eigenvalue weighted by Crippen LogP contribution is 2.37. The van der Waals surface area contributed by atoms with Gasteiger partial charge in [0.2, 0.25) is 0 Å². The number of amides is 1. The second-order valence-electron chi connectivity index (χ2n) is 7.62. The quantitative estimate of drug-likeness (QED) is 0.201. The fraction of sp³-hybridized carbons (Fsp3) is 0.143. The molecule has 0 fully saturated rings. The van der Waals surface area contributed by atoms with Gasteiger partial charge in [0.25, 0.3) is 5.91 Å². The van der Waals surface area contributed by atoms with E-state index in [0.717, 1.165) is 21.0 Å². The van der Waals surface area contributed by atoms with Crippen LogP contribution in [0.1, 0.15) is 28.4 Å². The summed E-state index contributed by atoms with van der Waals surface area (Å²) in [6.07, 6.45) is 1.56. The molecule has 0 aliphatic carbocycles. The van der Waals surface area contributed by atoms with E-state index in [1.807, 2.05) is 37.3 Å². The summed E-state index contributed by atoms with van der Waals surface area (Å²) in [5.74, 6) is 1.46. The van der Waals surface area contributed by atoms with Crippen LogP contribution in [0, 0.1) is 0 Å². The van der Waals surface area contributed by atoms with E-state index in [2.05, 4.69) is 50.7 Å². The van der Waals surface area contributed by atoms with Crippen LogP contribution < -0.4 is 19.6 Å². The highest BCUT2D eigenvalue weighted by molar-refractivity contribution is 9.10. The molecule has 6 nitrogen and oxygen atoms in total. The topological polar surface area (TPSA) is 69.2 Å².